The molecule has 3 heterocycles. The average Bonchev–Trinajstić information content (AvgIpc) is 3.28. The van der Waals surface area contributed by atoms with Crippen molar-refractivity contribution in [3.63, 3.8) is 0 Å². The molecule has 0 spiro atoms. The van der Waals surface area contributed by atoms with E-state index in [2.05, 4.69) is 22.3 Å². The topological polar surface area (TPSA) is 72.7 Å². The monoisotopic (exact) mass is 389 g/mol. The summed E-state index contributed by atoms with van der Waals surface area (Å²) in [7, 11) is 2.07. The number of benzene rings is 1. The van der Waals surface area contributed by atoms with E-state index in [1.807, 2.05) is 6.92 Å². The van der Waals surface area contributed by atoms with Gasteiger partial charge in [0, 0.05) is 19.6 Å². The molecule has 2 saturated heterocycles. The van der Waals surface area contributed by atoms with Gasteiger partial charge in [0.15, 0.2) is 5.69 Å². The number of carbonyl (C=O) groups excluding carboxylic acids is 1. The van der Waals surface area contributed by atoms with E-state index < -0.39 is 0 Å². The molecule has 4 rings (SSSR count). The highest BCUT2D eigenvalue weighted by Gasteiger charge is 2.41. The Morgan fingerprint density at radius 1 is 1.32 bits per heavy atom. The lowest BCUT2D eigenvalue weighted by molar-refractivity contribution is -0.0368. The maximum atomic E-state index is 12.9. The van der Waals surface area contributed by atoms with Crippen molar-refractivity contribution in [2.24, 2.45) is 0 Å². The summed E-state index contributed by atoms with van der Waals surface area (Å²) >= 11 is 0. The van der Waals surface area contributed by atoms with Gasteiger partial charge in [-0.25, -0.2) is 9.07 Å². The second-order valence-electron chi connectivity index (χ2n) is 7.22. The molecule has 1 aromatic heterocycles. The van der Waals surface area contributed by atoms with Crippen LogP contribution in [-0.4, -0.2) is 82.7 Å². The number of carbonyl (C=O) groups is 1. The van der Waals surface area contributed by atoms with E-state index >= 15 is 0 Å². The highest BCUT2D eigenvalue weighted by Crippen LogP contribution is 2.23. The highest BCUT2D eigenvalue weighted by atomic mass is 19.1. The SMILES string of the molecule is Cc1c(C(=O)N2C[C@H]3OCCN(C)[C@H]3C2)nnn1CCOc1ccc(F)cc1. The van der Waals surface area contributed by atoms with Crippen LogP contribution in [0.25, 0.3) is 0 Å². The fourth-order valence-electron chi connectivity index (χ4n) is 3.72. The molecule has 0 aliphatic carbocycles. The third kappa shape index (κ3) is 3.72. The summed E-state index contributed by atoms with van der Waals surface area (Å²) in [6, 6.07) is 6.08. The normalized spacial score (nSPS) is 22.3. The number of nitrogens with zero attached hydrogens (tertiary/aromatic N) is 5. The van der Waals surface area contributed by atoms with Crippen LogP contribution in [0.1, 0.15) is 16.2 Å². The Morgan fingerprint density at radius 3 is 2.86 bits per heavy atom. The van der Waals surface area contributed by atoms with E-state index in [1.165, 1.54) is 12.1 Å². The van der Waals surface area contributed by atoms with E-state index in [0.717, 1.165) is 6.54 Å². The summed E-state index contributed by atoms with van der Waals surface area (Å²) in [4.78, 5) is 17.0. The summed E-state index contributed by atoms with van der Waals surface area (Å²) < 4.78 is 26.0. The quantitative estimate of drug-likeness (QED) is 0.759. The molecule has 0 bridgehead atoms. The molecule has 8 nitrogen and oxygen atoms in total. The molecule has 150 valence electrons. The zero-order valence-corrected chi connectivity index (χ0v) is 16.0. The number of fused-ring (bicyclic) bond motifs is 1. The Labute approximate surface area is 162 Å². The zero-order chi connectivity index (χ0) is 19.7. The zero-order valence-electron chi connectivity index (χ0n) is 16.0. The summed E-state index contributed by atoms with van der Waals surface area (Å²) in [6.45, 7) is 5.41. The summed E-state index contributed by atoms with van der Waals surface area (Å²) in [5.41, 5.74) is 1.07. The van der Waals surface area contributed by atoms with Crippen LogP contribution in [0.2, 0.25) is 0 Å². The summed E-state index contributed by atoms with van der Waals surface area (Å²) in [5.74, 6) is 0.162. The first-order valence-electron chi connectivity index (χ1n) is 9.42. The van der Waals surface area contributed by atoms with Gasteiger partial charge in [-0.05, 0) is 38.2 Å². The molecule has 9 heteroatoms. The van der Waals surface area contributed by atoms with Gasteiger partial charge in [0.25, 0.3) is 5.91 Å². The van der Waals surface area contributed by atoms with E-state index in [9.17, 15) is 9.18 Å². The lowest BCUT2D eigenvalue weighted by Gasteiger charge is -2.33. The Kier molecular flexibility index (Phi) is 5.27. The number of halogens is 1. The molecule has 0 radical (unpaired) electrons. The maximum absolute atomic E-state index is 12.9. The number of rotatable bonds is 5. The Morgan fingerprint density at radius 2 is 2.11 bits per heavy atom. The van der Waals surface area contributed by atoms with E-state index in [-0.39, 0.29) is 23.9 Å². The fraction of sp³-hybridized carbons (Fsp3) is 0.526. The lowest BCUT2D eigenvalue weighted by atomic mass is 10.1. The van der Waals surface area contributed by atoms with Crippen molar-refractivity contribution in [1.29, 1.82) is 0 Å². The minimum atomic E-state index is -0.305. The van der Waals surface area contributed by atoms with Crippen LogP contribution in [-0.2, 0) is 11.3 Å². The first-order chi connectivity index (χ1) is 13.5. The molecule has 0 N–H and O–H groups in total. The fourth-order valence-corrected chi connectivity index (χ4v) is 3.72. The van der Waals surface area contributed by atoms with Crippen molar-refractivity contribution in [2.75, 3.05) is 39.9 Å². The number of likely N-dealkylation sites (tertiary alicyclic amines) is 1. The van der Waals surface area contributed by atoms with Gasteiger partial charge < -0.3 is 14.4 Å². The minimum Gasteiger partial charge on any atom is -0.492 e. The van der Waals surface area contributed by atoms with Gasteiger partial charge >= 0.3 is 0 Å². The number of hydrogen-bond donors (Lipinski definition) is 0. The first-order valence-corrected chi connectivity index (χ1v) is 9.42. The third-order valence-corrected chi connectivity index (χ3v) is 5.44. The number of ether oxygens (including phenoxy) is 2. The van der Waals surface area contributed by atoms with Gasteiger partial charge in [-0.15, -0.1) is 5.10 Å². The third-order valence-electron chi connectivity index (χ3n) is 5.44. The first kappa shape index (κ1) is 18.8. The van der Waals surface area contributed by atoms with Gasteiger partial charge in [-0.1, -0.05) is 5.21 Å². The largest absolute Gasteiger partial charge is 0.492 e. The van der Waals surface area contributed by atoms with Crippen molar-refractivity contribution in [1.82, 2.24) is 24.8 Å². The minimum absolute atomic E-state index is 0.0576. The molecular weight excluding hydrogens is 365 g/mol. The number of hydrogen-bond acceptors (Lipinski definition) is 6. The molecule has 2 aromatic rings. The number of morpholine rings is 1. The molecule has 2 fully saturated rings. The van der Waals surface area contributed by atoms with Crippen molar-refractivity contribution in [3.05, 3.63) is 41.5 Å². The van der Waals surface area contributed by atoms with Gasteiger partial charge in [0.2, 0.25) is 0 Å². The van der Waals surface area contributed by atoms with Gasteiger partial charge in [-0.3, -0.25) is 9.69 Å². The van der Waals surface area contributed by atoms with Crippen LogP contribution in [0.5, 0.6) is 5.75 Å². The molecule has 1 amide bonds. The van der Waals surface area contributed by atoms with Crippen LogP contribution in [0, 0.1) is 12.7 Å². The second kappa shape index (κ2) is 7.84. The molecule has 2 aliphatic rings. The molecule has 28 heavy (non-hydrogen) atoms. The maximum Gasteiger partial charge on any atom is 0.276 e. The number of likely N-dealkylation sites (N-methyl/N-ethyl adjacent to an activating group) is 1. The Hall–Kier alpha value is -2.52. The van der Waals surface area contributed by atoms with Crippen molar-refractivity contribution in [2.45, 2.75) is 25.6 Å². The van der Waals surface area contributed by atoms with Gasteiger partial charge in [0.1, 0.15) is 18.2 Å². The van der Waals surface area contributed by atoms with Crippen molar-refractivity contribution < 1.29 is 18.7 Å². The molecule has 0 saturated carbocycles. The second-order valence-corrected chi connectivity index (χ2v) is 7.22. The van der Waals surface area contributed by atoms with Gasteiger partial charge in [0.05, 0.1) is 31.0 Å². The standard InChI is InChI=1S/C19H24FN5O3/c1-13-18(19(26)24-11-16-17(12-24)28-9-7-23(16)2)21-22-25(13)8-10-27-15-5-3-14(20)4-6-15/h3-6,16-17H,7-12H2,1-2H3/t16-,17+/m0/s1. The molecule has 1 aromatic carbocycles. The van der Waals surface area contributed by atoms with Crippen molar-refractivity contribution in [3.8, 4) is 5.75 Å². The van der Waals surface area contributed by atoms with Gasteiger partial charge in [-0.2, -0.15) is 0 Å². The number of amides is 1. The van der Waals surface area contributed by atoms with Crippen molar-refractivity contribution >= 4 is 5.91 Å². The van der Waals surface area contributed by atoms with Crippen LogP contribution in [0.15, 0.2) is 24.3 Å². The molecule has 2 atom stereocenters. The molecule has 0 unspecified atom stereocenters. The smallest absolute Gasteiger partial charge is 0.276 e. The van der Waals surface area contributed by atoms with Crippen LogP contribution in [0.4, 0.5) is 4.39 Å². The molecular formula is C19H24FN5O3. The lowest BCUT2D eigenvalue weighted by Crippen LogP contribution is -2.48. The Balaban J connectivity index is 1.36. The highest BCUT2D eigenvalue weighted by molar-refractivity contribution is 5.93. The predicted octanol–water partition coefficient (Wildman–Crippen LogP) is 0.960. The van der Waals surface area contributed by atoms with Crippen LogP contribution in [0.3, 0.4) is 0 Å². The van der Waals surface area contributed by atoms with Crippen LogP contribution < -0.4 is 4.74 Å². The molecule has 2 aliphatic heterocycles. The number of aromatic nitrogens is 3. The van der Waals surface area contributed by atoms with E-state index in [1.54, 1.807) is 21.7 Å². The van der Waals surface area contributed by atoms with E-state index in [4.69, 9.17) is 9.47 Å². The average molecular weight is 389 g/mol. The predicted molar refractivity (Wildman–Crippen MR) is 98.7 cm³/mol. The van der Waals surface area contributed by atoms with E-state index in [0.29, 0.717) is 50.0 Å². The Bertz CT molecular complexity index is 841. The van der Waals surface area contributed by atoms with Crippen LogP contribution >= 0.6 is 0 Å². The summed E-state index contributed by atoms with van der Waals surface area (Å²) in [5, 5.41) is 8.19. The summed E-state index contributed by atoms with van der Waals surface area (Å²) in [6.07, 6.45) is 0.0576.